The van der Waals surface area contributed by atoms with Crippen molar-refractivity contribution in [2.75, 3.05) is 66.3 Å². The number of methoxy groups -OCH3 is 1. The highest BCUT2D eigenvalue weighted by atomic mass is 16.6. The van der Waals surface area contributed by atoms with Crippen LogP contribution in [0, 0.1) is 0 Å². The highest BCUT2D eigenvalue weighted by molar-refractivity contribution is 5.84. The second kappa shape index (κ2) is 21.5. The molecule has 0 fully saturated rings. The van der Waals surface area contributed by atoms with Gasteiger partial charge >= 0.3 is 12.2 Å². The van der Waals surface area contributed by atoms with E-state index in [1.54, 1.807) is 6.21 Å². The predicted molar refractivity (Wildman–Crippen MR) is 137 cm³/mol. The monoisotopic (exact) mass is 492 g/mol. The summed E-state index contributed by atoms with van der Waals surface area (Å²) in [6.45, 7) is 6.63. The van der Waals surface area contributed by atoms with Gasteiger partial charge in [0.15, 0.2) is 0 Å². The number of carbonyl (C=O) groups excluding carboxylic acids is 2. The molecule has 10 nitrogen and oxygen atoms in total. The SMILES string of the molecule is CCOCCN=Cc1ccc(C=NCCOCCOC(=O)NCCCCCCNC(=O)OC)cc1. The molecule has 1 aromatic rings. The van der Waals surface area contributed by atoms with Gasteiger partial charge in [-0.2, -0.15) is 0 Å². The number of alkyl carbamates (subject to hydrolysis) is 2. The lowest BCUT2D eigenvalue weighted by atomic mass is 10.1. The minimum atomic E-state index is -0.443. The fourth-order valence-electron chi connectivity index (χ4n) is 2.79. The van der Waals surface area contributed by atoms with Crippen LogP contribution >= 0.6 is 0 Å². The number of carbonyl (C=O) groups is 2. The van der Waals surface area contributed by atoms with Crippen LogP contribution in [-0.4, -0.2) is 90.9 Å². The maximum Gasteiger partial charge on any atom is 0.407 e. The number of ether oxygens (including phenoxy) is 4. The summed E-state index contributed by atoms with van der Waals surface area (Å²) in [6.07, 6.45) is 6.44. The number of hydrogen-bond acceptors (Lipinski definition) is 8. The molecule has 35 heavy (non-hydrogen) atoms. The number of unbranched alkanes of at least 4 members (excludes halogenated alkanes) is 3. The van der Waals surface area contributed by atoms with Crippen LogP contribution in [-0.2, 0) is 18.9 Å². The molecule has 2 N–H and O–H groups in total. The minimum absolute atomic E-state index is 0.197. The summed E-state index contributed by atoms with van der Waals surface area (Å²) in [7, 11) is 1.34. The van der Waals surface area contributed by atoms with Gasteiger partial charge in [0, 0.05) is 32.1 Å². The van der Waals surface area contributed by atoms with Crippen LogP contribution < -0.4 is 10.6 Å². The van der Waals surface area contributed by atoms with Crippen molar-refractivity contribution in [2.45, 2.75) is 32.6 Å². The molecule has 1 aromatic carbocycles. The summed E-state index contributed by atoms with van der Waals surface area (Å²) in [4.78, 5) is 31.2. The van der Waals surface area contributed by atoms with Gasteiger partial charge in [-0.25, -0.2) is 9.59 Å². The molecule has 0 saturated heterocycles. The van der Waals surface area contributed by atoms with Crippen molar-refractivity contribution < 1.29 is 28.5 Å². The average Bonchev–Trinajstić information content (AvgIpc) is 2.87. The lowest BCUT2D eigenvalue weighted by Gasteiger charge is -2.07. The van der Waals surface area contributed by atoms with E-state index in [0.29, 0.717) is 52.6 Å². The fraction of sp³-hybridized carbons (Fsp3) is 0.600. The van der Waals surface area contributed by atoms with E-state index in [4.69, 9.17) is 14.2 Å². The Labute approximate surface area is 208 Å². The summed E-state index contributed by atoms with van der Waals surface area (Å²) in [6, 6.07) is 7.97. The Bertz CT molecular complexity index is 740. The van der Waals surface area contributed by atoms with Crippen LogP contribution in [0.25, 0.3) is 0 Å². The van der Waals surface area contributed by atoms with Crippen LogP contribution in [0.4, 0.5) is 9.59 Å². The third-order valence-electron chi connectivity index (χ3n) is 4.64. The zero-order chi connectivity index (χ0) is 25.4. The second-order valence-corrected chi connectivity index (χ2v) is 7.44. The van der Waals surface area contributed by atoms with Gasteiger partial charge in [-0.05, 0) is 30.9 Å². The van der Waals surface area contributed by atoms with Crippen LogP contribution in [0.15, 0.2) is 34.3 Å². The number of amides is 2. The first-order valence-electron chi connectivity index (χ1n) is 12.1. The van der Waals surface area contributed by atoms with Gasteiger partial charge in [-0.15, -0.1) is 0 Å². The first kappa shape index (κ1) is 30.1. The Balaban J connectivity index is 1.96. The third-order valence-corrected chi connectivity index (χ3v) is 4.64. The molecule has 0 spiro atoms. The lowest BCUT2D eigenvalue weighted by molar-refractivity contribution is 0.0765. The zero-order valence-corrected chi connectivity index (χ0v) is 21.0. The van der Waals surface area contributed by atoms with Gasteiger partial charge in [-0.3, -0.25) is 9.98 Å². The van der Waals surface area contributed by atoms with Crippen molar-refractivity contribution >= 4 is 24.6 Å². The van der Waals surface area contributed by atoms with E-state index in [2.05, 4.69) is 25.4 Å². The Morgan fingerprint density at radius 3 is 1.86 bits per heavy atom. The van der Waals surface area contributed by atoms with E-state index in [1.165, 1.54) is 7.11 Å². The van der Waals surface area contributed by atoms with E-state index < -0.39 is 12.2 Å². The summed E-state index contributed by atoms with van der Waals surface area (Å²) in [5, 5.41) is 5.34. The number of nitrogens with one attached hydrogen (secondary N) is 2. The fourth-order valence-corrected chi connectivity index (χ4v) is 2.79. The zero-order valence-electron chi connectivity index (χ0n) is 21.0. The maximum absolute atomic E-state index is 11.6. The molecule has 0 aliphatic rings. The molecular weight excluding hydrogens is 452 g/mol. The highest BCUT2D eigenvalue weighted by Gasteiger charge is 2.01. The van der Waals surface area contributed by atoms with Crippen molar-refractivity contribution in [3.63, 3.8) is 0 Å². The van der Waals surface area contributed by atoms with E-state index in [-0.39, 0.29) is 6.61 Å². The van der Waals surface area contributed by atoms with Gasteiger partial charge < -0.3 is 29.6 Å². The Hall–Kier alpha value is -2.98. The van der Waals surface area contributed by atoms with Crippen LogP contribution in [0.5, 0.6) is 0 Å². The van der Waals surface area contributed by atoms with Crippen LogP contribution in [0.2, 0.25) is 0 Å². The molecule has 0 aliphatic carbocycles. The van der Waals surface area contributed by atoms with Gasteiger partial charge in [0.2, 0.25) is 0 Å². The number of rotatable bonds is 19. The molecule has 0 saturated carbocycles. The van der Waals surface area contributed by atoms with E-state index >= 15 is 0 Å². The van der Waals surface area contributed by atoms with Crippen molar-refractivity contribution in [1.82, 2.24) is 10.6 Å². The average molecular weight is 493 g/mol. The number of aliphatic imine (C=N–C) groups is 2. The standard InChI is InChI=1S/C25H40N4O6/c1-3-33-16-14-26-20-22-8-10-23(11-9-22)21-27-15-17-34-18-19-35-25(31)29-13-7-5-4-6-12-28-24(30)32-2/h8-11,20-21H,3-7,12-19H2,1-2H3,(H,28,30)(H,29,31). The highest BCUT2D eigenvalue weighted by Crippen LogP contribution is 2.01. The van der Waals surface area contributed by atoms with Gasteiger partial charge in [0.05, 0.1) is 40.0 Å². The van der Waals surface area contributed by atoms with Crippen molar-refractivity contribution in [3.8, 4) is 0 Å². The first-order chi connectivity index (χ1) is 17.2. The maximum atomic E-state index is 11.6. The Morgan fingerprint density at radius 2 is 1.31 bits per heavy atom. The van der Waals surface area contributed by atoms with E-state index in [1.807, 2.05) is 37.4 Å². The van der Waals surface area contributed by atoms with Gasteiger partial charge in [0.1, 0.15) is 6.61 Å². The summed E-state index contributed by atoms with van der Waals surface area (Å²) >= 11 is 0. The molecule has 0 bridgehead atoms. The topological polar surface area (TPSA) is 120 Å². The smallest absolute Gasteiger partial charge is 0.407 e. The molecule has 0 radical (unpaired) electrons. The second-order valence-electron chi connectivity index (χ2n) is 7.44. The quantitative estimate of drug-likeness (QED) is 0.226. The minimum Gasteiger partial charge on any atom is -0.453 e. The number of benzene rings is 1. The van der Waals surface area contributed by atoms with Crippen molar-refractivity contribution in [3.05, 3.63) is 35.4 Å². The van der Waals surface area contributed by atoms with Gasteiger partial charge in [-0.1, -0.05) is 37.1 Å². The van der Waals surface area contributed by atoms with Gasteiger partial charge in [0.25, 0.3) is 0 Å². The number of nitrogens with zero attached hydrogens (tertiary/aromatic N) is 2. The van der Waals surface area contributed by atoms with E-state index in [0.717, 1.165) is 36.8 Å². The lowest BCUT2D eigenvalue weighted by Crippen LogP contribution is -2.26. The summed E-state index contributed by atoms with van der Waals surface area (Å²) in [5.74, 6) is 0. The molecule has 196 valence electrons. The van der Waals surface area contributed by atoms with Crippen molar-refractivity contribution in [1.29, 1.82) is 0 Å². The number of hydrogen-bond donors (Lipinski definition) is 2. The van der Waals surface area contributed by atoms with Crippen LogP contribution in [0.3, 0.4) is 0 Å². The van der Waals surface area contributed by atoms with Crippen LogP contribution in [0.1, 0.15) is 43.7 Å². The predicted octanol–water partition coefficient (Wildman–Crippen LogP) is 3.22. The molecule has 0 heterocycles. The molecule has 1 rings (SSSR count). The molecule has 0 aromatic heterocycles. The largest absolute Gasteiger partial charge is 0.453 e. The summed E-state index contributed by atoms with van der Waals surface area (Å²) in [5.41, 5.74) is 2.05. The molecule has 0 aliphatic heterocycles. The summed E-state index contributed by atoms with van der Waals surface area (Å²) < 4.78 is 20.2. The normalized spacial score (nSPS) is 11.1. The molecule has 0 unspecified atom stereocenters. The molecular formula is C25H40N4O6. The third kappa shape index (κ3) is 18.1. The van der Waals surface area contributed by atoms with Crippen molar-refractivity contribution in [2.24, 2.45) is 9.98 Å². The molecule has 2 amide bonds. The first-order valence-corrected chi connectivity index (χ1v) is 12.1. The van der Waals surface area contributed by atoms with E-state index in [9.17, 15) is 9.59 Å². The Morgan fingerprint density at radius 1 is 0.771 bits per heavy atom. The molecule has 0 atom stereocenters. The Kier molecular flexibility index (Phi) is 18.5. The molecule has 10 heteroatoms.